The van der Waals surface area contributed by atoms with E-state index in [4.69, 9.17) is 18.5 Å². The average molecular weight is 422 g/mol. The van der Waals surface area contributed by atoms with Crippen molar-refractivity contribution in [1.29, 1.82) is 0 Å². The van der Waals surface area contributed by atoms with E-state index in [0.29, 0.717) is 11.1 Å². The quantitative estimate of drug-likeness (QED) is 0.370. The number of carbonyl (C=O) groups is 2. The van der Waals surface area contributed by atoms with E-state index in [9.17, 15) is 19.3 Å². The van der Waals surface area contributed by atoms with Crippen LogP contribution in [0, 0.1) is 0 Å². The minimum absolute atomic E-state index is 0.0337. The molecule has 2 aromatic rings. The van der Waals surface area contributed by atoms with E-state index in [1.807, 2.05) is 0 Å². The second-order valence-electron chi connectivity index (χ2n) is 6.04. The van der Waals surface area contributed by atoms with Crippen molar-refractivity contribution in [3.63, 3.8) is 0 Å². The van der Waals surface area contributed by atoms with Gasteiger partial charge in [0.2, 0.25) is 0 Å². The van der Waals surface area contributed by atoms with Crippen LogP contribution in [0.2, 0.25) is 0 Å². The van der Waals surface area contributed by atoms with Gasteiger partial charge in [-0.15, -0.1) is 0 Å². The number of hydrogen-bond donors (Lipinski definition) is 1. The van der Waals surface area contributed by atoms with Gasteiger partial charge < -0.3 is 23.6 Å². The van der Waals surface area contributed by atoms with Crippen LogP contribution in [-0.2, 0) is 31.6 Å². The van der Waals surface area contributed by atoms with E-state index in [2.05, 4.69) is 0 Å². The zero-order valence-corrected chi connectivity index (χ0v) is 17.3. The largest absolute Gasteiger partial charge is 0.426 e. The highest BCUT2D eigenvalue weighted by Gasteiger charge is 2.19. The summed E-state index contributed by atoms with van der Waals surface area (Å²) in [7, 11) is -3.19. The maximum atomic E-state index is 12.6. The fourth-order valence-corrected chi connectivity index (χ4v) is 3.34. The molecule has 156 valence electrons. The van der Waals surface area contributed by atoms with E-state index in [-0.39, 0.29) is 36.9 Å². The number of para-hydroxylation sites is 1. The van der Waals surface area contributed by atoms with Crippen molar-refractivity contribution in [3.05, 3.63) is 59.2 Å². The van der Waals surface area contributed by atoms with Gasteiger partial charge in [0.05, 0.1) is 19.8 Å². The van der Waals surface area contributed by atoms with Crippen LogP contribution in [0.15, 0.2) is 42.5 Å². The van der Waals surface area contributed by atoms with Crippen molar-refractivity contribution < 1.29 is 37.8 Å². The van der Waals surface area contributed by atoms with Gasteiger partial charge in [0.15, 0.2) is 0 Å². The number of hydrogen-bond acceptors (Lipinski definition) is 8. The fourth-order valence-electron chi connectivity index (χ4n) is 2.41. The highest BCUT2D eigenvalue weighted by atomic mass is 31.2. The molecule has 0 radical (unpaired) electrons. The Balaban J connectivity index is 2.22. The zero-order chi connectivity index (χ0) is 21.4. The van der Waals surface area contributed by atoms with Crippen molar-refractivity contribution in [2.24, 2.45) is 0 Å². The third-order valence-corrected chi connectivity index (χ3v) is 5.02. The molecule has 1 atom stereocenters. The summed E-state index contributed by atoms with van der Waals surface area (Å²) in [6, 6.07) is 10.9. The Morgan fingerprint density at radius 2 is 1.76 bits per heavy atom. The van der Waals surface area contributed by atoms with Crippen LogP contribution in [0.1, 0.15) is 35.3 Å². The van der Waals surface area contributed by atoms with Gasteiger partial charge in [-0.05, 0) is 30.7 Å². The minimum Gasteiger partial charge on any atom is -0.426 e. The normalized spacial score (nSPS) is 12.8. The summed E-state index contributed by atoms with van der Waals surface area (Å²) in [6.07, 6.45) is 0. The minimum atomic E-state index is -3.19. The SMILES string of the molecule is CCOP(C)(=O)OCc1ccc(CO)c(OC(=O)c2ccccc2OC(C)=O)c1. The molecular formula is C20H23O8P. The number of ether oxygens (including phenoxy) is 2. The molecule has 0 aliphatic carbocycles. The maximum absolute atomic E-state index is 12.6. The first-order chi connectivity index (χ1) is 13.8. The van der Waals surface area contributed by atoms with Crippen molar-refractivity contribution in [2.75, 3.05) is 13.3 Å². The molecule has 1 N–H and O–H groups in total. The third-order valence-electron chi connectivity index (χ3n) is 3.69. The lowest BCUT2D eigenvalue weighted by molar-refractivity contribution is -0.131. The number of esters is 2. The average Bonchev–Trinajstić information content (AvgIpc) is 2.66. The Morgan fingerprint density at radius 3 is 2.41 bits per heavy atom. The molecule has 8 nitrogen and oxygen atoms in total. The van der Waals surface area contributed by atoms with Gasteiger partial charge in [-0.1, -0.05) is 24.3 Å². The molecule has 1 unspecified atom stereocenters. The van der Waals surface area contributed by atoms with Crippen LogP contribution in [0.3, 0.4) is 0 Å². The lowest BCUT2D eigenvalue weighted by atomic mass is 10.1. The number of carbonyl (C=O) groups excluding carboxylic acids is 2. The lowest BCUT2D eigenvalue weighted by Gasteiger charge is -2.15. The molecular weight excluding hydrogens is 399 g/mol. The first kappa shape index (κ1) is 22.8. The lowest BCUT2D eigenvalue weighted by Crippen LogP contribution is -2.13. The fraction of sp³-hybridized carbons (Fsp3) is 0.300. The highest BCUT2D eigenvalue weighted by molar-refractivity contribution is 7.52. The Morgan fingerprint density at radius 1 is 1.03 bits per heavy atom. The van der Waals surface area contributed by atoms with Crippen LogP contribution in [0.5, 0.6) is 11.5 Å². The van der Waals surface area contributed by atoms with Crippen LogP contribution >= 0.6 is 7.60 Å². The van der Waals surface area contributed by atoms with E-state index in [1.165, 1.54) is 31.8 Å². The molecule has 29 heavy (non-hydrogen) atoms. The molecule has 0 saturated carbocycles. The van der Waals surface area contributed by atoms with Gasteiger partial charge in [0, 0.05) is 19.2 Å². The molecule has 0 fully saturated rings. The Hall–Kier alpha value is -2.51. The predicted octanol–water partition coefficient (Wildman–Crippen LogP) is 3.70. The summed E-state index contributed by atoms with van der Waals surface area (Å²) in [5.41, 5.74) is 0.999. The number of aliphatic hydroxyl groups excluding tert-OH is 1. The van der Waals surface area contributed by atoms with E-state index in [0.717, 1.165) is 0 Å². The van der Waals surface area contributed by atoms with Gasteiger partial charge in [-0.3, -0.25) is 9.36 Å². The van der Waals surface area contributed by atoms with Crippen molar-refractivity contribution >= 4 is 19.5 Å². The topological polar surface area (TPSA) is 108 Å². The summed E-state index contributed by atoms with van der Waals surface area (Å²) < 4.78 is 32.9. The smallest absolute Gasteiger partial charge is 0.347 e. The van der Waals surface area contributed by atoms with E-state index < -0.39 is 19.5 Å². The van der Waals surface area contributed by atoms with Crippen LogP contribution in [-0.4, -0.2) is 30.3 Å². The monoisotopic (exact) mass is 422 g/mol. The Bertz CT molecular complexity index is 924. The van der Waals surface area contributed by atoms with E-state index >= 15 is 0 Å². The molecule has 9 heteroatoms. The highest BCUT2D eigenvalue weighted by Crippen LogP contribution is 2.44. The van der Waals surface area contributed by atoms with Gasteiger partial charge in [0.1, 0.15) is 17.1 Å². The molecule has 0 saturated heterocycles. The van der Waals surface area contributed by atoms with Gasteiger partial charge in [0.25, 0.3) is 0 Å². The second kappa shape index (κ2) is 10.3. The Labute approximate surface area is 168 Å². The molecule has 0 bridgehead atoms. The van der Waals surface area contributed by atoms with E-state index in [1.54, 1.807) is 31.2 Å². The number of aliphatic hydroxyl groups is 1. The summed E-state index contributed by atoms with van der Waals surface area (Å²) in [6.45, 7) is 4.16. The Kier molecular flexibility index (Phi) is 8.10. The van der Waals surface area contributed by atoms with Gasteiger partial charge in [-0.2, -0.15) is 0 Å². The van der Waals surface area contributed by atoms with Crippen LogP contribution in [0.25, 0.3) is 0 Å². The number of benzene rings is 2. The molecule has 0 aliphatic heterocycles. The second-order valence-corrected chi connectivity index (χ2v) is 8.10. The third kappa shape index (κ3) is 6.80. The predicted molar refractivity (Wildman–Crippen MR) is 105 cm³/mol. The molecule has 2 aromatic carbocycles. The van der Waals surface area contributed by atoms with Crippen molar-refractivity contribution in [1.82, 2.24) is 0 Å². The summed E-state index contributed by atoms with van der Waals surface area (Å²) in [5, 5.41) is 9.54. The first-order valence-electron chi connectivity index (χ1n) is 8.84. The van der Waals surface area contributed by atoms with Gasteiger partial charge in [-0.25, -0.2) is 4.79 Å². The molecule has 2 rings (SSSR count). The maximum Gasteiger partial charge on any atom is 0.347 e. The van der Waals surface area contributed by atoms with Crippen molar-refractivity contribution in [3.8, 4) is 11.5 Å². The van der Waals surface area contributed by atoms with Crippen LogP contribution in [0.4, 0.5) is 0 Å². The van der Waals surface area contributed by atoms with Crippen molar-refractivity contribution in [2.45, 2.75) is 27.1 Å². The summed E-state index contributed by atoms with van der Waals surface area (Å²) in [4.78, 5) is 23.8. The molecule has 0 aromatic heterocycles. The molecule has 0 aliphatic rings. The van der Waals surface area contributed by atoms with Crippen LogP contribution < -0.4 is 9.47 Å². The number of rotatable bonds is 9. The first-order valence-corrected chi connectivity index (χ1v) is 10.8. The summed E-state index contributed by atoms with van der Waals surface area (Å²) >= 11 is 0. The molecule has 0 amide bonds. The molecule has 0 heterocycles. The standard InChI is InChI=1S/C20H23O8P/c1-4-25-29(3,24)26-13-15-9-10-16(12-21)19(11-15)28-20(23)17-7-5-6-8-18(17)27-14(2)22/h5-11,21H,4,12-13H2,1-3H3. The summed E-state index contributed by atoms with van der Waals surface area (Å²) in [5.74, 6) is -1.15. The van der Waals surface area contributed by atoms with Gasteiger partial charge >= 0.3 is 19.5 Å². The zero-order valence-electron chi connectivity index (χ0n) is 16.4. The molecule has 0 spiro atoms.